The van der Waals surface area contributed by atoms with E-state index in [-0.39, 0.29) is 25.6 Å². The van der Waals surface area contributed by atoms with Gasteiger partial charge in [0.05, 0.1) is 13.2 Å². The van der Waals surface area contributed by atoms with Crippen LogP contribution in [-0.4, -0.2) is 37.4 Å². The summed E-state index contributed by atoms with van der Waals surface area (Å²) in [5.41, 5.74) is -1.58. The minimum atomic E-state index is -1.58. The smallest absolute Gasteiger partial charge is 0.325 e. The van der Waals surface area contributed by atoms with Crippen LogP contribution in [-0.2, 0) is 19.1 Å². The van der Waals surface area contributed by atoms with Gasteiger partial charge in [0.25, 0.3) is 0 Å². The van der Waals surface area contributed by atoms with Crippen LogP contribution in [0.3, 0.4) is 0 Å². The van der Waals surface area contributed by atoms with Crippen molar-refractivity contribution in [2.75, 3.05) is 20.3 Å². The van der Waals surface area contributed by atoms with E-state index in [0.717, 1.165) is 0 Å². The zero-order valence-electron chi connectivity index (χ0n) is 10.3. The van der Waals surface area contributed by atoms with Crippen molar-refractivity contribution in [3.8, 4) is 0 Å². The fourth-order valence-corrected chi connectivity index (χ4v) is 1.65. The number of methoxy groups -OCH3 is 1. The number of hydrogen-bond acceptors (Lipinski definition) is 4. The largest absolute Gasteiger partial charge is 0.480 e. The van der Waals surface area contributed by atoms with Gasteiger partial charge >= 0.3 is 11.9 Å². The molecule has 94 valence electrons. The van der Waals surface area contributed by atoms with E-state index in [9.17, 15) is 14.7 Å². The van der Waals surface area contributed by atoms with Crippen molar-refractivity contribution in [3.63, 3.8) is 0 Å². The maximum atomic E-state index is 11.7. The fraction of sp³-hybridized carbons (Fsp3) is 0.818. The molecule has 0 fully saturated rings. The van der Waals surface area contributed by atoms with E-state index in [2.05, 4.69) is 0 Å². The molecular weight excluding hydrogens is 212 g/mol. The van der Waals surface area contributed by atoms with Gasteiger partial charge in [-0.25, -0.2) is 0 Å². The van der Waals surface area contributed by atoms with Crippen molar-refractivity contribution in [1.82, 2.24) is 0 Å². The van der Waals surface area contributed by atoms with Crippen molar-refractivity contribution in [1.29, 1.82) is 0 Å². The highest BCUT2D eigenvalue weighted by atomic mass is 16.5. The van der Waals surface area contributed by atoms with E-state index in [1.165, 1.54) is 7.11 Å². The Kier molecular flexibility index (Phi) is 6.03. The Hall–Kier alpha value is -1.10. The maximum absolute atomic E-state index is 11.7. The first-order chi connectivity index (χ1) is 7.40. The molecule has 0 aromatic carbocycles. The minimum Gasteiger partial charge on any atom is -0.480 e. The van der Waals surface area contributed by atoms with Gasteiger partial charge in [-0.15, -0.1) is 0 Å². The molecule has 0 heterocycles. The van der Waals surface area contributed by atoms with Crippen LogP contribution in [0.1, 0.15) is 27.2 Å². The summed E-state index contributed by atoms with van der Waals surface area (Å²) in [6.45, 7) is 5.35. The van der Waals surface area contributed by atoms with E-state index in [4.69, 9.17) is 9.47 Å². The normalized spacial score (nSPS) is 14.6. The van der Waals surface area contributed by atoms with Crippen molar-refractivity contribution in [2.24, 2.45) is 11.3 Å². The average Bonchev–Trinajstić information content (AvgIpc) is 2.16. The second kappa shape index (κ2) is 6.48. The molecule has 0 saturated heterocycles. The topological polar surface area (TPSA) is 72.8 Å². The molecule has 0 amide bonds. The van der Waals surface area contributed by atoms with Gasteiger partial charge in [0.2, 0.25) is 0 Å². The number of ether oxygens (including phenoxy) is 2. The second-order valence-corrected chi connectivity index (χ2v) is 4.14. The molecule has 5 heteroatoms. The standard InChI is InChI=1S/C11H20O5/c1-5-16-10(14)11(7-15-4,9(12)13)6-8(2)3/h8H,5-7H2,1-4H3,(H,12,13). The van der Waals surface area contributed by atoms with Crippen LogP contribution in [0, 0.1) is 11.3 Å². The summed E-state index contributed by atoms with van der Waals surface area (Å²) in [6, 6.07) is 0. The lowest BCUT2D eigenvalue weighted by atomic mass is 9.80. The lowest BCUT2D eigenvalue weighted by Crippen LogP contribution is -2.45. The number of aliphatic carboxylic acids is 1. The number of carbonyl (C=O) groups excluding carboxylic acids is 1. The van der Waals surface area contributed by atoms with Crippen LogP contribution in [0.2, 0.25) is 0 Å². The predicted molar refractivity (Wildman–Crippen MR) is 58.0 cm³/mol. The quantitative estimate of drug-likeness (QED) is 0.529. The number of esters is 1. The zero-order chi connectivity index (χ0) is 12.8. The van der Waals surface area contributed by atoms with E-state index >= 15 is 0 Å². The minimum absolute atomic E-state index is 0.0654. The molecule has 0 aliphatic carbocycles. The van der Waals surface area contributed by atoms with Gasteiger partial charge < -0.3 is 14.6 Å². The van der Waals surface area contributed by atoms with Gasteiger partial charge in [0, 0.05) is 7.11 Å². The summed E-state index contributed by atoms with van der Waals surface area (Å²) in [7, 11) is 1.37. The monoisotopic (exact) mass is 232 g/mol. The Labute approximate surface area is 95.7 Å². The first-order valence-corrected chi connectivity index (χ1v) is 5.30. The SMILES string of the molecule is CCOC(=O)C(COC)(CC(C)C)C(=O)O. The van der Waals surface area contributed by atoms with Crippen LogP contribution in [0.25, 0.3) is 0 Å². The number of carbonyl (C=O) groups is 2. The molecule has 5 nitrogen and oxygen atoms in total. The maximum Gasteiger partial charge on any atom is 0.325 e. The summed E-state index contributed by atoms with van der Waals surface area (Å²) in [5.74, 6) is -1.85. The molecule has 0 aliphatic heterocycles. The van der Waals surface area contributed by atoms with Crippen LogP contribution >= 0.6 is 0 Å². The fourth-order valence-electron chi connectivity index (χ4n) is 1.65. The number of hydrogen-bond donors (Lipinski definition) is 1. The van der Waals surface area contributed by atoms with Crippen LogP contribution in [0.15, 0.2) is 0 Å². The molecule has 0 spiro atoms. The van der Waals surface area contributed by atoms with Crippen LogP contribution in [0.5, 0.6) is 0 Å². The van der Waals surface area contributed by atoms with E-state index in [1.54, 1.807) is 6.92 Å². The van der Waals surface area contributed by atoms with Crippen molar-refractivity contribution >= 4 is 11.9 Å². The van der Waals surface area contributed by atoms with E-state index in [0.29, 0.717) is 0 Å². The van der Waals surface area contributed by atoms with Crippen molar-refractivity contribution < 1.29 is 24.2 Å². The molecule has 0 aliphatic rings. The Morgan fingerprint density at radius 3 is 2.25 bits per heavy atom. The Balaban J connectivity index is 5.07. The summed E-state index contributed by atoms with van der Waals surface area (Å²) < 4.78 is 9.68. The lowest BCUT2D eigenvalue weighted by Gasteiger charge is -2.27. The highest BCUT2D eigenvalue weighted by molar-refractivity contribution is 5.99. The lowest BCUT2D eigenvalue weighted by molar-refractivity contribution is -0.174. The number of rotatable bonds is 7. The first kappa shape index (κ1) is 14.9. The molecule has 1 N–H and O–H groups in total. The number of carboxylic acid groups (broad SMARTS) is 1. The predicted octanol–water partition coefficient (Wildman–Crippen LogP) is 1.31. The molecule has 1 unspecified atom stereocenters. The number of carboxylic acids is 1. The van der Waals surface area contributed by atoms with Gasteiger partial charge in [-0.05, 0) is 19.3 Å². The Bertz CT molecular complexity index is 249. The summed E-state index contributed by atoms with van der Waals surface area (Å²) in [5, 5.41) is 9.22. The molecule has 0 rings (SSSR count). The molecule has 1 atom stereocenters. The third-order valence-corrected chi connectivity index (χ3v) is 2.22. The molecular formula is C11H20O5. The molecule has 16 heavy (non-hydrogen) atoms. The third-order valence-electron chi connectivity index (χ3n) is 2.22. The molecule has 0 bridgehead atoms. The average molecular weight is 232 g/mol. The van der Waals surface area contributed by atoms with Crippen LogP contribution in [0.4, 0.5) is 0 Å². The second-order valence-electron chi connectivity index (χ2n) is 4.14. The van der Waals surface area contributed by atoms with E-state index < -0.39 is 17.4 Å². The molecule has 0 aromatic rings. The zero-order valence-corrected chi connectivity index (χ0v) is 10.3. The highest BCUT2D eigenvalue weighted by Gasteiger charge is 2.48. The van der Waals surface area contributed by atoms with E-state index in [1.807, 2.05) is 13.8 Å². The third kappa shape index (κ3) is 3.48. The van der Waals surface area contributed by atoms with Gasteiger partial charge in [0.1, 0.15) is 0 Å². The van der Waals surface area contributed by atoms with Crippen molar-refractivity contribution in [3.05, 3.63) is 0 Å². The summed E-state index contributed by atoms with van der Waals surface area (Å²) in [4.78, 5) is 23.0. The first-order valence-electron chi connectivity index (χ1n) is 5.30. The van der Waals surface area contributed by atoms with Crippen LogP contribution < -0.4 is 0 Å². The van der Waals surface area contributed by atoms with Gasteiger partial charge in [-0.1, -0.05) is 13.8 Å². The van der Waals surface area contributed by atoms with Gasteiger partial charge in [0.15, 0.2) is 5.41 Å². The molecule has 0 saturated carbocycles. The Morgan fingerprint density at radius 2 is 1.94 bits per heavy atom. The summed E-state index contributed by atoms with van der Waals surface area (Å²) in [6.07, 6.45) is 0.203. The Morgan fingerprint density at radius 1 is 1.38 bits per heavy atom. The van der Waals surface area contributed by atoms with Gasteiger partial charge in [-0.2, -0.15) is 0 Å². The molecule has 0 aromatic heterocycles. The molecule has 0 radical (unpaired) electrons. The highest BCUT2D eigenvalue weighted by Crippen LogP contribution is 2.29. The van der Waals surface area contributed by atoms with Crippen molar-refractivity contribution in [2.45, 2.75) is 27.2 Å². The van der Waals surface area contributed by atoms with Gasteiger partial charge in [-0.3, -0.25) is 9.59 Å². The summed E-state index contributed by atoms with van der Waals surface area (Å²) >= 11 is 0.